The largest absolute Gasteiger partial charge is 0.365 e. The van der Waals surface area contributed by atoms with E-state index in [4.69, 9.17) is 5.73 Å². The van der Waals surface area contributed by atoms with Gasteiger partial charge in [0, 0.05) is 37.8 Å². The van der Waals surface area contributed by atoms with Crippen molar-refractivity contribution < 1.29 is 22.4 Å². The third-order valence-corrected chi connectivity index (χ3v) is 11.9. The van der Waals surface area contributed by atoms with Gasteiger partial charge in [0.1, 0.15) is 11.6 Å². The third kappa shape index (κ3) is 9.95. The van der Waals surface area contributed by atoms with Crippen molar-refractivity contribution >= 4 is 55.2 Å². The van der Waals surface area contributed by atoms with Crippen LogP contribution >= 0.6 is 15.9 Å². The van der Waals surface area contributed by atoms with Crippen LogP contribution in [0.4, 0.5) is 21.8 Å². The molecule has 1 aliphatic carbocycles. The highest BCUT2D eigenvalue weighted by Crippen LogP contribution is 2.28. The maximum absolute atomic E-state index is 14.2. The summed E-state index contributed by atoms with van der Waals surface area (Å²) in [5, 5.41) is 9.05. The molecule has 1 aromatic carbocycles. The first-order valence-electron chi connectivity index (χ1n) is 16.9. The molecule has 2 aromatic rings. The number of aromatic nitrogens is 2. The monoisotopic (exact) mass is 748 g/mol. The molecule has 2 amide bonds. The molecule has 48 heavy (non-hydrogen) atoms. The first kappa shape index (κ1) is 36.1. The van der Waals surface area contributed by atoms with Crippen LogP contribution in [0.5, 0.6) is 0 Å². The number of likely N-dealkylation sites (tertiary alicyclic amines) is 1. The van der Waals surface area contributed by atoms with Crippen LogP contribution in [0.1, 0.15) is 74.6 Å². The Morgan fingerprint density at radius 1 is 1.08 bits per heavy atom. The second kappa shape index (κ2) is 17.0. The van der Waals surface area contributed by atoms with Gasteiger partial charge in [0.2, 0.25) is 21.9 Å². The van der Waals surface area contributed by atoms with Crippen LogP contribution in [-0.2, 0) is 14.8 Å². The van der Waals surface area contributed by atoms with E-state index < -0.39 is 21.7 Å². The molecule has 0 radical (unpaired) electrons. The van der Waals surface area contributed by atoms with E-state index in [0.29, 0.717) is 42.2 Å². The molecular formula is C33H46BrFN8O4S. The molecule has 3 aliphatic rings. The molecule has 0 saturated carbocycles. The Morgan fingerprint density at radius 3 is 2.56 bits per heavy atom. The summed E-state index contributed by atoms with van der Waals surface area (Å²) in [6.45, 7) is 3.64. The number of nitrogens with zero attached hydrogens (tertiary/aromatic N) is 4. The zero-order valence-corrected chi connectivity index (χ0v) is 29.6. The highest BCUT2D eigenvalue weighted by atomic mass is 79.9. The Bertz CT molecular complexity index is 1580. The lowest BCUT2D eigenvalue weighted by atomic mass is 9.94. The molecule has 0 bridgehead atoms. The molecule has 15 heteroatoms. The number of hydrogen-bond donors (Lipinski definition) is 4. The van der Waals surface area contributed by atoms with E-state index in [-0.39, 0.29) is 41.4 Å². The zero-order chi connectivity index (χ0) is 34.1. The summed E-state index contributed by atoms with van der Waals surface area (Å²) in [4.78, 5) is 35.8. The maximum atomic E-state index is 14.2. The van der Waals surface area contributed by atoms with Gasteiger partial charge in [0.25, 0.3) is 5.91 Å². The van der Waals surface area contributed by atoms with E-state index in [1.165, 1.54) is 61.2 Å². The molecule has 5 rings (SSSR count). The van der Waals surface area contributed by atoms with E-state index in [9.17, 15) is 22.4 Å². The lowest BCUT2D eigenvalue weighted by Crippen LogP contribution is -2.46. The Balaban J connectivity index is 1.01. The lowest BCUT2D eigenvalue weighted by molar-refractivity contribution is -0.126. The van der Waals surface area contributed by atoms with Crippen molar-refractivity contribution in [1.82, 2.24) is 24.5 Å². The average molecular weight is 750 g/mol. The number of nitrogens with two attached hydrogens (primary N) is 1. The quantitative estimate of drug-likeness (QED) is 0.203. The third-order valence-electron chi connectivity index (χ3n) is 9.41. The molecule has 2 aliphatic heterocycles. The number of halogens is 2. The van der Waals surface area contributed by atoms with Crippen molar-refractivity contribution in [1.29, 1.82) is 0 Å². The number of sulfonamides is 1. The van der Waals surface area contributed by atoms with E-state index in [1.807, 2.05) is 0 Å². The molecule has 12 nitrogen and oxygen atoms in total. The van der Waals surface area contributed by atoms with Gasteiger partial charge in [-0.15, -0.1) is 0 Å². The summed E-state index contributed by atoms with van der Waals surface area (Å²) in [6, 6.07) is 4.05. The Labute approximate surface area is 290 Å². The van der Waals surface area contributed by atoms with Gasteiger partial charge in [-0.25, -0.2) is 22.1 Å². The van der Waals surface area contributed by atoms with Gasteiger partial charge in [-0.2, -0.15) is 4.98 Å². The van der Waals surface area contributed by atoms with Gasteiger partial charge in [0.15, 0.2) is 0 Å². The number of primary amides is 1. The summed E-state index contributed by atoms with van der Waals surface area (Å²) in [7, 11) is -3.53. The van der Waals surface area contributed by atoms with Crippen LogP contribution in [0, 0.1) is 11.7 Å². The van der Waals surface area contributed by atoms with Gasteiger partial charge >= 0.3 is 0 Å². The van der Waals surface area contributed by atoms with Crippen molar-refractivity contribution in [3.63, 3.8) is 0 Å². The molecule has 3 heterocycles. The first-order chi connectivity index (χ1) is 23.1. The lowest BCUT2D eigenvalue weighted by Gasteiger charge is -2.32. The maximum Gasteiger partial charge on any atom is 0.253 e. The number of piperidine rings is 2. The molecule has 0 spiro atoms. The first-order valence-corrected chi connectivity index (χ1v) is 19.3. The van der Waals surface area contributed by atoms with Crippen LogP contribution < -0.4 is 21.7 Å². The Kier molecular flexibility index (Phi) is 12.8. The highest BCUT2D eigenvalue weighted by Gasteiger charge is 2.29. The summed E-state index contributed by atoms with van der Waals surface area (Å²) in [6.07, 6.45) is 14.1. The highest BCUT2D eigenvalue weighted by molar-refractivity contribution is 9.10. The molecule has 0 atom stereocenters. The van der Waals surface area contributed by atoms with Crippen LogP contribution in [-0.4, -0.2) is 90.5 Å². The van der Waals surface area contributed by atoms with Gasteiger partial charge in [0.05, 0.1) is 21.5 Å². The number of rotatable bonds is 14. The molecule has 0 unspecified atom stereocenters. The van der Waals surface area contributed by atoms with E-state index in [1.54, 1.807) is 5.57 Å². The molecule has 5 N–H and O–H groups in total. The molecule has 1 aromatic heterocycles. The molecule has 2 saturated heterocycles. The number of benzene rings is 1. The fraction of sp³-hybridized carbons (Fsp3) is 0.576. The fourth-order valence-electron chi connectivity index (χ4n) is 6.65. The van der Waals surface area contributed by atoms with Gasteiger partial charge in [-0.1, -0.05) is 17.7 Å². The average Bonchev–Trinajstić information content (AvgIpc) is 3.07. The van der Waals surface area contributed by atoms with Crippen molar-refractivity contribution in [2.24, 2.45) is 11.7 Å². The second-order valence-electron chi connectivity index (χ2n) is 12.8. The SMILES string of the molecule is NC(=O)c1c(F)cccc1Nc1nc(NC2CCN(S(=O)(=O)CCNC(=O)C3CCN(CCCC4=CCCCC4)CC3)CC2)ncc1Br. The molecule has 262 valence electrons. The topological polar surface area (TPSA) is 163 Å². The standard InChI is InChI=1S/C33H46BrFN8O4S/c34-26-22-38-33(41-31(26)40-28-10-4-9-27(35)29(28)30(36)44)39-25-13-19-43(20-14-25)48(46,47)21-15-37-32(45)24-11-17-42(18-12-24)16-5-8-23-6-2-1-3-7-23/h4,6,9-10,22,24-25H,1-3,5,7-8,11-21H2,(H2,36,44)(H,37,45)(H2,38,39,40,41). The van der Waals surface area contributed by atoms with E-state index in [0.717, 1.165) is 38.5 Å². The number of anilines is 3. The molecule has 2 fully saturated rings. The minimum Gasteiger partial charge on any atom is -0.365 e. The minimum atomic E-state index is -3.53. The number of carbonyl (C=O) groups is 2. The van der Waals surface area contributed by atoms with Gasteiger partial charge in [-0.3, -0.25) is 9.59 Å². The van der Waals surface area contributed by atoms with Crippen molar-refractivity contribution in [2.75, 3.05) is 55.7 Å². The fourth-order valence-corrected chi connectivity index (χ4v) is 8.32. The van der Waals surface area contributed by atoms with Gasteiger partial charge in [-0.05, 0) is 112 Å². The Hall–Kier alpha value is -3.14. The van der Waals surface area contributed by atoms with Crippen LogP contribution in [0.3, 0.4) is 0 Å². The summed E-state index contributed by atoms with van der Waals surface area (Å²) in [5.41, 5.74) is 6.86. The smallest absolute Gasteiger partial charge is 0.253 e. The zero-order valence-electron chi connectivity index (χ0n) is 27.2. The summed E-state index contributed by atoms with van der Waals surface area (Å²) < 4.78 is 42.3. The number of carbonyl (C=O) groups excluding carboxylic acids is 2. The number of hydrogen-bond acceptors (Lipinski definition) is 9. The second-order valence-corrected chi connectivity index (χ2v) is 15.7. The van der Waals surface area contributed by atoms with Gasteiger partial charge < -0.3 is 26.6 Å². The predicted octanol–water partition coefficient (Wildman–Crippen LogP) is 4.54. The molecular weight excluding hydrogens is 703 g/mol. The summed E-state index contributed by atoms with van der Waals surface area (Å²) >= 11 is 3.37. The van der Waals surface area contributed by atoms with E-state index >= 15 is 0 Å². The normalized spacial score (nSPS) is 18.7. The number of allylic oxidation sites excluding steroid dienone is 2. The summed E-state index contributed by atoms with van der Waals surface area (Å²) in [5.74, 6) is -1.31. The van der Waals surface area contributed by atoms with Crippen molar-refractivity contribution in [3.05, 3.63) is 51.9 Å². The van der Waals surface area contributed by atoms with Crippen molar-refractivity contribution in [2.45, 2.75) is 70.3 Å². The van der Waals surface area contributed by atoms with Crippen LogP contribution in [0.2, 0.25) is 0 Å². The Morgan fingerprint density at radius 2 is 1.85 bits per heavy atom. The number of nitrogens with one attached hydrogen (secondary N) is 3. The minimum absolute atomic E-state index is 0.0493. The van der Waals surface area contributed by atoms with Crippen LogP contribution in [0.25, 0.3) is 0 Å². The predicted molar refractivity (Wildman–Crippen MR) is 188 cm³/mol. The van der Waals surface area contributed by atoms with Crippen LogP contribution in [0.15, 0.2) is 40.5 Å². The van der Waals surface area contributed by atoms with Crippen molar-refractivity contribution in [3.8, 4) is 0 Å². The number of amides is 2. The van der Waals surface area contributed by atoms with E-state index in [2.05, 4.69) is 52.8 Å².